The molecule has 0 saturated heterocycles. The Labute approximate surface area is 132 Å². The molecule has 1 heterocycles. The molecule has 1 N–H and O–H groups in total. The number of halogens is 1. The molecule has 1 aromatic heterocycles. The van der Waals surface area contributed by atoms with Gasteiger partial charge in [-0.1, -0.05) is 13.8 Å². The van der Waals surface area contributed by atoms with Gasteiger partial charge in [-0.3, -0.25) is 9.59 Å². The molecule has 0 amide bonds. The van der Waals surface area contributed by atoms with Gasteiger partial charge in [0.05, 0.1) is 6.54 Å². The number of hydrogen-bond donors (Lipinski definition) is 1. The number of benzene rings is 1. The Bertz CT molecular complexity index is 806. The number of carbonyl (C=O) groups excluding carboxylic acids is 1. The van der Waals surface area contributed by atoms with Crippen LogP contribution in [0.3, 0.4) is 0 Å². The molecule has 2 rings (SSSR count). The van der Waals surface area contributed by atoms with E-state index in [2.05, 4.69) is 0 Å². The third-order valence-electron chi connectivity index (χ3n) is 3.50. The first-order chi connectivity index (χ1) is 10.8. The lowest BCUT2D eigenvalue weighted by Crippen LogP contribution is -2.31. The molecule has 0 radical (unpaired) electrons. The lowest BCUT2D eigenvalue weighted by Gasteiger charge is -2.15. The van der Waals surface area contributed by atoms with Crippen LogP contribution in [0.15, 0.2) is 41.2 Å². The zero-order valence-electron chi connectivity index (χ0n) is 12.7. The number of carbonyl (C=O) groups is 2. The SMILES string of the molecule is CC(C)c1ccc(C(=O)O)c(=O)n1CC(=O)c1ccc(F)cc1. The molecule has 5 nitrogen and oxygen atoms in total. The molecule has 2 aromatic rings. The average Bonchev–Trinajstić information content (AvgIpc) is 2.49. The molecule has 0 fully saturated rings. The van der Waals surface area contributed by atoms with Crippen LogP contribution in [0.5, 0.6) is 0 Å². The van der Waals surface area contributed by atoms with Crippen molar-refractivity contribution in [3.63, 3.8) is 0 Å². The summed E-state index contributed by atoms with van der Waals surface area (Å²) in [7, 11) is 0. The Hall–Kier alpha value is -2.76. The van der Waals surface area contributed by atoms with Crippen LogP contribution in [0.1, 0.15) is 46.2 Å². The van der Waals surface area contributed by atoms with Crippen molar-refractivity contribution in [2.24, 2.45) is 0 Å². The highest BCUT2D eigenvalue weighted by Crippen LogP contribution is 2.14. The van der Waals surface area contributed by atoms with E-state index in [1.807, 2.05) is 13.8 Å². The van der Waals surface area contributed by atoms with Crippen molar-refractivity contribution >= 4 is 11.8 Å². The maximum absolute atomic E-state index is 12.9. The van der Waals surface area contributed by atoms with Crippen molar-refractivity contribution in [1.82, 2.24) is 4.57 Å². The van der Waals surface area contributed by atoms with Gasteiger partial charge in [-0.15, -0.1) is 0 Å². The topological polar surface area (TPSA) is 76.4 Å². The van der Waals surface area contributed by atoms with E-state index in [4.69, 9.17) is 5.11 Å². The quantitative estimate of drug-likeness (QED) is 0.860. The fourth-order valence-corrected chi connectivity index (χ4v) is 2.29. The van der Waals surface area contributed by atoms with Crippen LogP contribution in [0.25, 0.3) is 0 Å². The lowest BCUT2D eigenvalue weighted by atomic mass is 10.1. The molecule has 0 aliphatic rings. The molecule has 0 bridgehead atoms. The highest BCUT2D eigenvalue weighted by molar-refractivity contribution is 5.96. The zero-order chi connectivity index (χ0) is 17.1. The molecule has 1 aromatic carbocycles. The van der Waals surface area contributed by atoms with Crippen LogP contribution >= 0.6 is 0 Å². The normalized spacial score (nSPS) is 10.8. The largest absolute Gasteiger partial charge is 0.477 e. The summed E-state index contributed by atoms with van der Waals surface area (Å²) in [5, 5.41) is 9.06. The zero-order valence-corrected chi connectivity index (χ0v) is 12.7. The van der Waals surface area contributed by atoms with Gasteiger partial charge in [0.15, 0.2) is 5.78 Å². The van der Waals surface area contributed by atoms with Crippen molar-refractivity contribution in [3.8, 4) is 0 Å². The highest BCUT2D eigenvalue weighted by atomic mass is 19.1. The molecule has 120 valence electrons. The van der Waals surface area contributed by atoms with E-state index in [0.717, 1.165) is 12.1 Å². The number of rotatable bonds is 5. The van der Waals surface area contributed by atoms with Crippen LogP contribution in [0.4, 0.5) is 4.39 Å². The minimum absolute atomic E-state index is 0.0634. The summed E-state index contributed by atoms with van der Waals surface area (Å²) in [5.41, 5.74) is -0.287. The summed E-state index contributed by atoms with van der Waals surface area (Å²) >= 11 is 0. The maximum atomic E-state index is 12.9. The molecular weight excluding hydrogens is 301 g/mol. The van der Waals surface area contributed by atoms with E-state index in [9.17, 15) is 18.8 Å². The van der Waals surface area contributed by atoms with Crippen molar-refractivity contribution < 1.29 is 19.1 Å². The van der Waals surface area contributed by atoms with Crippen molar-refractivity contribution in [3.05, 3.63) is 69.4 Å². The molecule has 6 heteroatoms. The van der Waals surface area contributed by atoms with Gasteiger partial charge in [0.25, 0.3) is 5.56 Å². The third-order valence-corrected chi connectivity index (χ3v) is 3.50. The standard InChI is InChI=1S/C17H16FNO4/c1-10(2)14-8-7-13(17(22)23)16(21)19(14)9-15(20)11-3-5-12(18)6-4-11/h3-8,10H,9H2,1-2H3,(H,22,23). The van der Waals surface area contributed by atoms with E-state index in [0.29, 0.717) is 5.69 Å². The fourth-order valence-electron chi connectivity index (χ4n) is 2.29. The van der Waals surface area contributed by atoms with Gasteiger partial charge in [0, 0.05) is 11.3 Å². The van der Waals surface area contributed by atoms with Crippen LogP contribution in [-0.2, 0) is 6.54 Å². The molecule has 0 spiro atoms. The number of carboxylic acid groups (broad SMARTS) is 1. The van der Waals surface area contributed by atoms with Crippen LogP contribution in [-0.4, -0.2) is 21.4 Å². The Balaban J connectivity index is 2.46. The minimum Gasteiger partial charge on any atom is -0.477 e. The first-order valence-corrected chi connectivity index (χ1v) is 7.07. The van der Waals surface area contributed by atoms with Crippen LogP contribution in [0, 0.1) is 5.82 Å². The molecule has 0 atom stereocenters. The summed E-state index contributed by atoms with van der Waals surface area (Å²) < 4.78 is 14.1. The highest BCUT2D eigenvalue weighted by Gasteiger charge is 2.18. The van der Waals surface area contributed by atoms with Crippen LogP contribution in [0.2, 0.25) is 0 Å². The summed E-state index contributed by atoms with van der Waals surface area (Å²) in [6.07, 6.45) is 0. The van der Waals surface area contributed by atoms with Gasteiger partial charge in [0.2, 0.25) is 0 Å². The Kier molecular flexibility index (Phi) is 4.74. The molecule has 0 aliphatic heterocycles. The summed E-state index contributed by atoms with van der Waals surface area (Å²) in [5.74, 6) is -2.26. The van der Waals surface area contributed by atoms with E-state index in [1.54, 1.807) is 0 Å². The van der Waals surface area contributed by atoms with Gasteiger partial charge in [0.1, 0.15) is 11.4 Å². The third kappa shape index (κ3) is 3.53. The van der Waals surface area contributed by atoms with Gasteiger partial charge < -0.3 is 9.67 Å². The number of aromatic carboxylic acids is 1. The van der Waals surface area contributed by atoms with Gasteiger partial charge in [-0.05, 0) is 42.3 Å². The summed E-state index contributed by atoms with van der Waals surface area (Å²) in [6, 6.07) is 7.77. The second-order valence-corrected chi connectivity index (χ2v) is 5.45. The predicted octanol–water partition coefficient (Wildman–Crippen LogP) is 2.69. The monoisotopic (exact) mass is 317 g/mol. The number of aromatic nitrogens is 1. The number of carboxylic acids is 1. The molecular formula is C17H16FNO4. The van der Waals surface area contributed by atoms with E-state index >= 15 is 0 Å². The van der Waals surface area contributed by atoms with Gasteiger partial charge in [-0.25, -0.2) is 9.18 Å². The van der Waals surface area contributed by atoms with E-state index < -0.39 is 23.1 Å². The number of hydrogen-bond acceptors (Lipinski definition) is 3. The van der Waals surface area contributed by atoms with Crippen LogP contribution < -0.4 is 5.56 Å². The molecule has 23 heavy (non-hydrogen) atoms. The van der Waals surface area contributed by atoms with E-state index in [-0.39, 0.29) is 23.6 Å². The number of pyridine rings is 1. The fraction of sp³-hybridized carbons (Fsp3) is 0.235. The summed E-state index contributed by atoms with van der Waals surface area (Å²) in [4.78, 5) is 35.7. The maximum Gasteiger partial charge on any atom is 0.341 e. The minimum atomic E-state index is -1.34. The van der Waals surface area contributed by atoms with Crippen molar-refractivity contribution in [1.29, 1.82) is 0 Å². The Morgan fingerprint density at radius 3 is 2.26 bits per heavy atom. The number of Topliss-reactive ketones (excluding diaryl/α,β-unsaturated/α-hetero) is 1. The first kappa shape index (κ1) is 16.6. The number of ketones is 1. The first-order valence-electron chi connectivity index (χ1n) is 7.07. The summed E-state index contributed by atoms with van der Waals surface area (Å²) in [6.45, 7) is 3.39. The van der Waals surface area contributed by atoms with E-state index in [1.165, 1.54) is 28.8 Å². The van der Waals surface area contributed by atoms with Crippen molar-refractivity contribution in [2.75, 3.05) is 0 Å². The van der Waals surface area contributed by atoms with Crippen molar-refractivity contribution in [2.45, 2.75) is 26.3 Å². The molecule has 0 saturated carbocycles. The Morgan fingerprint density at radius 1 is 1.13 bits per heavy atom. The second kappa shape index (κ2) is 6.56. The average molecular weight is 317 g/mol. The second-order valence-electron chi connectivity index (χ2n) is 5.45. The predicted molar refractivity (Wildman–Crippen MR) is 82.5 cm³/mol. The van der Waals surface area contributed by atoms with Gasteiger partial charge in [-0.2, -0.15) is 0 Å². The lowest BCUT2D eigenvalue weighted by molar-refractivity contribution is 0.0693. The Morgan fingerprint density at radius 2 is 1.74 bits per heavy atom. The molecule has 0 aliphatic carbocycles. The molecule has 0 unspecified atom stereocenters. The smallest absolute Gasteiger partial charge is 0.341 e. The van der Waals surface area contributed by atoms with Gasteiger partial charge >= 0.3 is 5.97 Å². The number of nitrogens with zero attached hydrogens (tertiary/aromatic N) is 1.